The minimum absolute atomic E-state index is 0.0212. The Bertz CT molecular complexity index is 1080. The van der Waals surface area contributed by atoms with Gasteiger partial charge in [-0.05, 0) is 56.4 Å². The van der Waals surface area contributed by atoms with E-state index in [4.69, 9.17) is 4.74 Å². The Kier molecular flexibility index (Phi) is 11.1. The van der Waals surface area contributed by atoms with Crippen LogP contribution >= 0.6 is 0 Å². The number of alkyl carbamates (subject to hydrolysis) is 1. The van der Waals surface area contributed by atoms with Crippen LogP contribution in [0, 0.1) is 17.8 Å². The SMILES string of the molecule is CC(C)C[C@H](NC(=O)OC1CCCCC1Cc1ccccc1)C(=O)N[C@@H](C[C@@H]1CCNC1=O)C(O)S(=O)(=O)O. The summed E-state index contributed by atoms with van der Waals surface area (Å²) in [7, 11) is -4.93. The first-order chi connectivity index (χ1) is 18.4. The zero-order chi connectivity index (χ0) is 28.6. The van der Waals surface area contributed by atoms with Crippen molar-refractivity contribution >= 4 is 28.0 Å². The van der Waals surface area contributed by atoms with Crippen molar-refractivity contribution in [2.24, 2.45) is 17.8 Å². The van der Waals surface area contributed by atoms with Crippen LogP contribution in [0.15, 0.2) is 30.3 Å². The number of benzene rings is 1. The minimum Gasteiger partial charge on any atom is -0.446 e. The number of rotatable bonds is 12. The quantitative estimate of drug-likeness (QED) is 0.239. The molecule has 218 valence electrons. The number of hydrogen-bond acceptors (Lipinski definition) is 7. The lowest BCUT2D eigenvalue weighted by Gasteiger charge is -2.32. The summed E-state index contributed by atoms with van der Waals surface area (Å²) >= 11 is 0. The fourth-order valence-corrected chi connectivity index (χ4v) is 6.00. The predicted molar refractivity (Wildman–Crippen MR) is 144 cm³/mol. The molecule has 1 aliphatic carbocycles. The molecule has 6 atom stereocenters. The van der Waals surface area contributed by atoms with Crippen molar-refractivity contribution in [1.82, 2.24) is 16.0 Å². The van der Waals surface area contributed by atoms with Crippen LogP contribution in [0.5, 0.6) is 0 Å². The topological polar surface area (TPSA) is 171 Å². The van der Waals surface area contributed by atoms with Gasteiger partial charge in [0.25, 0.3) is 10.1 Å². The summed E-state index contributed by atoms with van der Waals surface area (Å²) in [6.07, 6.45) is 3.77. The normalized spacial score (nSPS) is 23.9. The molecule has 3 amide bonds. The van der Waals surface area contributed by atoms with Crippen molar-refractivity contribution < 1.29 is 37.2 Å². The van der Waals surface area contributed by atoms with Gasteiger partial charge in [0.1, 0.15) is 12.1 Å². The fourth-order valence-electron chi connectivity index (χ4n) is 5.41. The zero-order valence-corrected chi connectivity index (χ0v) is 23.4. The van der Waals surface area contributed by atoms with Crippen LogP contribution in [0.2, 0.25) is 0 Å². The van der Waals surface area contributed by atoms with Crippen molar-refractivity contribution in [2.45, 2.75) is 88.8 Å². The highest BCUT2D eigenvalue weighted by Gasteiger charge is 2.38. The summed E-state index contributed by atoms with van der Waals surface area (Å²) in [4.78, 5) is 38.2. The molecule has 1 saturated heterocycles. The molecule has 0 radical (unpaired) electrons. The van der Waals surface area contributed by atoms with E-state index in [0.717, 1.165) is 37.7 Å². The van der Waals surface area contributed by atoms with E-state index in [1.165, 1.54) is 0 Å². The minimum atomic E-state index is -4.93. The van der Waals surface area contributed by atoms with Gasteiger partial charge in [0.05, 0.1) is 6.04 Å². The van der Waals surface area contributed by atoms with Crippen LogP contribution in [0.25, 0.3) is 0 Å². The largest absolute Gasteiger partial charge is 0.446 e. The van der Waals surface area contributed by atoms with Crippen molar-refractivity contribution in [3.05, 3.63) is 35.9 Å². The Balaban J connectivity index is 1.67. The van der Waals surface area contributed by atoms with Crippen molar-refractivity contribution in [3.8, 4) is 0 Å². The second-order valence-corrected chi connectivity index (χ2v) is 12.6. The molecule has 11 nitrogen and oxygen atoms in total. The maximum absolute atomic E-state index is 13.2. The Labute approximate surface area is 230 Å². The van der Waals surface area contributed by atoms with E-state index >= 15 is 0 Å². The summed E-state index contributed by atoms with van der Waals surface area (Å²) in [5, 5.41) is 17.9. The van der Waals surface area contributed by atoms with E-state index in [1.54, 1.807) is 0 Å². The monoisotopic (exact) mass is 567 g/mol. The lowest BCUT2D eigenvalue weighted by Crippen LogP contribution is -2.55. The molecule has 1 saturated carbocycles. The molecule has 1 aromatic carbocycles. The lowest BCUT2D eigenvalue weighted by atomic mass is 9.82. The lowest BCUT2D eigenvalue weighted by molar-refractivity contribution is -0.126. The first kappa shape index (κ1) is 30.8. The van der Waals surface area contributed by atoms with Crippen LogP contribution in [-0.2, 0) is 30.9 Å². The van der Waals surface area contributed by atoms with Gasteiger partial charge in [-0.1, -0.05) is 50.6 Å². The molecule has 0 spiro atoms. The number of carbonyl (C=O) groups excluding carboxylic acids is 3. The second-order valence-electron chi connectivity index (χ2n) is 11.0. The molecule has 5 N–H and O–H groups in total. The van der Waals surface area contributed by atoms with Crippen LogP contribution in [-0.4, -0.2) is 66.2 Å². The van der Waals surface area contributed by atoms with E-state index in [9.17, 15) is 32.5 Å². The smallest absolute Gasteiger partial charge is 0.408 e. The highest BCUT2D eigenvalue weighted by molar-refractivity contribution is 7.86. The Morgan fingerprint density at radius 3 is 2.41 bits per heavy atom. The van der Waals surface area contributed by atoms with Gasteiger partial charge in [0.2, 0.25) is 17.3 Å². The van der Waals surface area contributed by atoms with Gasteiger partial charge in [-0.15, -0.1) is 0 Å². The molecule has 0 aromatic heterocycles. The summed E-state index contributed by atoms with van der Waals surface area (Å²) < 4.78 is 38.6. The number of aliphatic hydroxyl groups is 1. The number of aliphatic hydroxyl groups excluding tert-OH is 1. The van der Waals surface area contributed by atoms with Gasteiger partial charge in [0.15, 0.2) is 0 Å². The van der Waals surface area contributed by atoms with E-state index in [2.05, 4.69) is 16.0 Å². The average molecular weight is 568 g/mol. The molecule has 3 unspecified atom stereocenters. The van der Waals surface area contributed by atoms with Crippen LogP contribution in [0.4, 0.5) is 4.79 Å². The third kappa shape index (κ3) is 9.47. The van der Waals surface area contributed by atoms with Crippen LogP contribution in [0.3, 0.4) is 0 Å². The predicted octanol–water partition coefficient (Wildman–Crippen LogP) is 2.15. The van der Waals surface area contributed by atoms with E-state index in [0.29, 0.717) is 13.0 Å². The molecule has 0 bridgehead atoms. The van der Waals surface area contributed by atoms with Crippen molar-refractivity contribution in [1.29, 1.82) is 0 Å². The molecule has 1 heterocycles. The number of carbonyl (C=O) groups is 3. The van der Waals surface area contributed by atoms with Crippen molar-refractivity contribution in [2.75, 3.05) is 6.54 Å². The molecule has 1 aromatic rings. The van der Waals surface area contributed by atoms with Gasteiger partial charge < -0.3 is 25.8 Å². The van der Waals surface area contributed by atoms with Gasteiger partial charge in [-0.2, -0.15) is 8.42 Å². The molecule has 2 aliphatic rings. The Morgan fingerprint density at radius 2 is 1.79 bits per heavy atom. The molecule has 2 fully saturated rings. The maximum Gasteiger partial charge on any atom is 0.408 e. The summed E-state index contributed by atoms with van der Waals surface area (Å²) in [6, 6.07) is 7.45. The standard InChI is InChI=1S/C27H41N3O8S/c1-17(2)14-21(25(32)29-22(26(33)39(35,36)37)16-20-12-13-28-24(20)31)30-27(34)38-23-11-7-6-10-19(23)15-18-8-4-3-5-9-18/h3-5,8-9,17,19-23,26,33H,6-7,10-16H2,1-2H3,(H,28,31)(H,29,32)(H,30,34)(H,35,36,37)/t19?,20-,21-,22-,23?,26?/m0/s1. The molecular formula is C27H41N3O8S. The zero-order valence-electron chi connectivity index (χ0n) is 22.5. The summed E-state index contributed by atoms with van der Waals surface area (Å²) in [5.41, 5.74) is -1.17. The van der Waals surface area contributed by atoms with Gasteiger partial charge >= 0.3 is 6.09 Å². The van der Waals surface area contributed by atoms with Gasteiger partial charge in [-0.3, -0.25) is 14.1 Å². The first-order valence-corrected chi connectivity index (χ1v) is 15.2. The molecule has 39 heavy (non-hydrogen) atoms. The van der Waals surface area contributed by atoms with Crippen molar-refractivity contribution in [3.63, 3.8) is 0 Å². The number of amides is 3. The third-order valence-corrected chi connectivity index (χ3v) is 8.37. The maximum atomic E-state index is 13.2. The van der Waals surface area contributed by atoms with E-state index in [-0.39, 0.29) is 36.7 Å². The van der Waals surface area contributed by atoms with Gasteiger partial charge in [-0.25, -0.2) is 4.79 Å². The van der Waals surface area contributed by atoms with E-state index < -0.39 is 45.6 Å². The highest BCUT2D eigenvalue weighted by atomic mass is 32.2. The first-order valence-electron chi connectivity index (χ1n) is 13.7. The summed E-state index contributed by atoms with van der Waals surface area (Å²) in [5.74, 6) is -1.57. The highest BCUT2D eigenvalue weighted by Crippen LogP contribution is 2.30. The van der Waals surface area contributed by atoms with Crippen LogP contribution in [0.1, 0.15) is 64.4 Å². The summed E-state index contributed by atoms with van der Waals surface area (Å²) in [6.45, 7) is 4.11. The fraction of sp³-hybridized carbons (Fsp3) is 0.667. The average Bonchev–Trinajstić information content (AvgIpc) is 3.27. The molecule has 12 heteroatoms. The van der Waals surface area contributed by atoms with Crippen LogP contribution < -0.4 is 16.0 Å². The Morgan fingerprint density at radius 1 is 1.10 bits per heavy atom. The molecule has 3 rings (SSSR count). The molecule has 1 aliphatic heterocycles. The third-order valence-electron chi connectivity index (χ3n) is 7.43. The van der Waals surface area contributed by atoms with E-state index in [1.807, 2.05) is 44.2 Å². The van der Waals surface area contributed by atoms with Gasteiger partial charge in [0, 0.05) is 18.4 Å². The number of hydrogen-bond donors (Lipinski definition) is 5. The molecular weight excluding hydrogens is 526 g/mol. The number of ether oxygens (including phenoxy) is 1. The Hall–Kier alpha value is -2.70. The second kappa shape index (κ2) is 14.1. The number of nitrogens with one attached hydrogen (secondary N) is 3.